The molecule has 2 aliphatic rings. The van der Waals surface area contributed by atoms with Gasteiger partial charge in [-0.3, -0.25) is 14.4 Å². The maximum Gasteiger partial charge on any atom is 0.323 e. The summed E-state index contributed by atoms with van der Waals surface area (Å²) in [6.45, 7) is 0.106. The van der Waals surface area contributed by atoms with Crippen LogP contribution in [-0.2, 0) is 14.4 Å². The number of aliphatic carboxylic acids is 1. The lowest BCUT2D eigenvalue weighted by molar-refractivity contribution is -0.149. The van der Waals surface area contributed by atoms with Crippen molar-refractivity contribution in [2.75, 3.05) is 13.1 Å². The molecule has 0 bridgehead atoms. The number of carboxylic acids is 1. The topological polar surface area (TPSA) is 86.7 Å². The average molecular weight is 268 g/mol. The number of hydrogen-bond donors (Lipinski definition) is 2. The molecule has 1 atom stereocenters. The molecule has 19 heavy (non-hydrogen) atoms. The molecule has 0 aromatic rings. The standard InChI is InChI=1S/C13H20N2O4/c16-11-6-5-9(7-14-11)13(19)15(8-12(17)18)10-3-1-2-4-10/h9-10H,1-8H2,(H,14,16)(H,17,18). The molecule has 1 saturated carbocycles. The minimum atomic E-state index is -0.972. The van der Waals surface area contributed by atoms with E-state index in [1.165, 1.54) is 4.90 Å². The normalized spacial score (nSPS) is 24.0. The fourth-order valence-corrected chi connectivity index (χ4v) is 2.93. The molecule has 0 radical (unpaired) electrons. The SMILES string of the molecule is O=C(O)CN(C(=O)C1CCC(=O)NC1)C1CCCC1. The van der Waals surface area contributed by atoms with Crippen molar-refractivity contribution in [3.05, 3.63) is 0 Å². The third-order valence-corrected chi connectivity index (χ3v) is 3.97. The van der Waals surface area contributed by atoms with Crippen LogP contribution in [0.1, 0.15) is 38.5 Å². The number of piperidine rings is 1. The van der Waals surface area contributed by atoms with Crippen LogP contribution in [0.15, 0.2) is 0 Å². The van der Waals surface area contributed by atoms with Gasteiger partial charge in [-0.05, 0) is 19.3 Å². The maximum atomic E-state index is 12.4. The van der Waals surface area contributed by atoms with Gasteiger partial charge in [-0.2, -0.15) is 0 Å². The second-order valence-electron chi connectivity index (χ2n) is 5.34. The summed E-state index contributed by atoms with van der Waals surface area (Å²) < 4.78 is 0. The first-order valence-electron chi connectivity index (χ1n) is 6.87. The number of carbonyl (C=O) groups is 3. The van der Waals surface area contributed by atoms with Crippen molar-refractivity contribution >= 4 is 17.8 Å². The number of nitrogens with zero attached hydrogens (tertiary/aromatic N) is 1. The summed E-state index contributed by atoms with van der Waals surface area (Å²) in [5.41, 5.74) is 0. The van der Waals surface area contributed by atoms with Crippen molar-refractivity contribution in [3.63, 3.8) is 0 Å². The quantitative estimate of drug-likeness (QED) is 0.771. The number of rotatable bonds is 4. The van der Waals surface area contributed by atoms with Crippen LogP contribution in [0.4, 0.5) is 0 Å². The van der Waals surface area contributed by atoms with Crippen molar-refractivity contribution in [1.82, 2.24) is 10.2 Å². The molecular formula is C13H20N2O4. The Kier molecular flexibility index (Phi) is 4.39. The first-order chi connectivity index (χ1) is 9.08. The van der Waals surface area contributed by atoms with Crippen molar-refractivity contribution in [2.24, 2.45) is 5.92 Å². The summed E-state index contributed by atoms with van der Waals surface area (Å²) >= 11 is 0. The number of hydrogen-bond acceptors (Lipinski definition) is 3. The van der Waals surface area contributed by atoms with Crippen molar-refractivity contribution in [1.29, 1.82) is 0 Å². The van der Waals surface area contributed by atoms with Crippen LogP contribution in [0.5, 0.6) is 0 Å². The number of amides is 2. The van der Waals surface area contributed by atoms with Gasteiger partial charge in [0, 0.05) is 19.0 Å². The molecule has 1 aliphatic heterocycles. The van der Waals surface area contributed by atoms with Gasteiger partial charge in [0.2, 0.25) is 11.8 Å². The highest BCUT2D eigenvalue weighted by Gasteiger charge is 2.34. The zero-order valence-electron chi connectivity index (χ0n) is 10.9. The highest BCUT2D eigenvalue weighted by atomic mass is 16.4. The van der Waals surface area contributed by atoms with E-state index < -0.39 is 5.97 Å². The first kappa shape index (κ1) is 13.8. The summed E-state index contributed by atoms with van der Waals surface area (Å²) in [5.74, 6) is -1.39. The van der Waals surface area contributed by atoms with E-state index in [-0.39, 0.29) is 30.3 Å². The first-order valence-corrected chi connectivity index (χ1v) is 6.87. The Hall–Kier alpha value is -1.59. The molecule has 6 heteroatoms. The number of carbonyl (C=O) groups excluding carboxylic acids is 2. The Labute approximate surface area is 112 Å². The van der Waals surface area contributed by atoms with E-state index in [1.807, 2.05) is 0 Å². The third-order valence-electron chi connectivity index (χ3n) is 3.97. The fourth-order valence-electron chi connectivity index (χ4n) is 2.93. The highest BCUT2D eigenvalue weighted by molar-refractivity contribution is 5.86. The second-order valence-corrected chi connectivity index (χ2v) is 5.34. The maximum absolute atomic E-state index is 12.4. The predicted molar refractivity (Wildman–Crippen MR) is 67.3 cm³/mol. The largest absolute Gasteiger partial charge is 0.480 e. The lowest BCUT2D eigenvalue weighted by atomic mass is 9.96. The van der Waals surface area contributed by atoms with Crippen LogP contribution < -0.4 is 5.32 Å². The van der Waals surface area contributed by atoms with Gasteiger partial charge >= 0.3 is 5.97 Å². The van der Waals surface area contributed by atoms with E-state index in [4.69, 9.17) is 5.11 Å². The molecule has 1 unspecified atom stereocenters. The summed E-state index contributed by atoms with van der Waals surface area (Å²) in [4.78, 5) is 36.0. The lowest BCUT2D eigenvalue weighted by Gasteiger charge is -2.32. The van der Waals surface area contributed by atoms with Gasteiger partial charge in [0.1, 0.15) is 6.54 Å². The number of nitrogens with one attached hydrogen (secondary N) is 1. The lowest BCUT2D eigenvalue weighted by Crippen LogP contribution is -2.49. The molecule has 2 fully saturated rings. The Morgan fingerprint density at radius 1 is 1.26 bits per heavy atom. The average Bonchev–Trinajstić information content (AvgIpc) is 2.89. The third kappa shape index (κ3) is 3.45. The van der Waals surface area contributed by atoms with E-state index in [0.29, 0.717) is 19.4 Å². The van der Waals surface area contributed by atoms with Gasteiger partial charge in [0.05, 0.1) is 5.92 Å². The molecule has 1 saturated heterocycles. The molecule has 1 heterocycles. The van der Waals surface area contributed by atoms with Crippen molar-refractivity contribution in [3.8, 4) is 0 Å². The monoisotopic (exact) mass is 268 g/mol. The van der Waals surface area contributed by atoms with E-state index in [0.717, 1.165) is 25.7 Å². The van der Waals surface area contributed by atoms with Gasteiger partial charge in [-0.15, -0.1) is 0 Å². The van der Waals surface area contributed by atoms with Crippen LogP contribution >= 0.6 is 0 Å². The van der Waals surface area contributed by atoms with Crippen LogP contribution in [0.3, 0.4) is 0 Å². The van der Waals surface area contributed by atoms with Crippen LogP contribution in [-0.4, -0.2) is 46.9 Å². The second kappa shape index (κ2) is 6.04. The molecule has 106 valence electrons. The zero-order chi connectivity index (χ0) is 13.8. The Bertz CT molecular complexity index is 367. The fraction of sp³-hybridized carbons (Fsp3) is 0.769. The Morgan fingerprint density at radius 3 is 2.47 bits per heavy atom. The molecule has 2 N–H and O–H groups in total. The highest BCUT2D eigenvalue weighted by Crippen LogP contribution is 2.26. The Balaban J connectivity index is 2.01. The van der Waals surface area contributed by atoms with E-state index >= 15 is 0 Å². The van der Waals surface area contributed by atoms with Crippen molar-refractivity contribution in [2.45, 2.75) is 44.6 Å². The van der Waals surface area contributed by atoms with E-state index in [1.54, 1.807) is 0 Å². The van der Waals surface area contributed by atoms with Crippen LogP contribution in [0.2, 0.25) is 0 Å². The summed E-state index contributed by atoms with van der Waals surface area (Å²) in [6.07, 6.45) is 4.75. The van der Waals surface area contributed by atoms with E-state index in [9.17, 15) is 14.4 Å². The van der Waals surface area contributed by atoms with Gasteiger partial charge in [0.15, 0.2) is 0 Å². The van der Waals surface area contributed by atoms with Gasteiger partial charge in [0.25, 0.3) is 0 Å². The molecular weight excluding hydrogens is 248 g/mol. The Morgan fingerprint density at radius 2 is 1.95 bits per heavy atom. The molecule has 2 amide bonds. The van der Waals surface area contributed by atoms with Gasteiger partial charge in [-0.25, -0.2) is 0 Å². The van der Waals surface area contributed by atoms with Gasteiger partial charge < -0.3 is 15.3 Å². The molecule has 1 aliphatic carbocycles. The van der Waals surface area contributed by atoms with Crippen LogP contribution in [0, 0.1) is 5.92 Å². The minimum Gasteiger partial charge on any atom is -0.480 e. The van der Waals surface area contributed by atoms with E-state index in [2.05, 4.69) is 5.32 Å². The molecule has 0 aromatic heterocycles. The molecule has 6 nitrogen and oxygen atoms in total. The minimum absolute atomic E-state index is 0.0327. The zero-order valence-corrected chi connectivity index (χ0v) is 10.9. The van der Waals surface area contributed by atoms with Crippen LogP contribution in [0.25, 0.3) is 0 Å². The van der Waals surface area contributed by atoms with Gasteiger partial charge in [-0.1, -0.05) is 12.8 Å². The molecule has 0 aromatic carbocycles. The molecule has 2 rings (SSSR count). The summed E-state index contributed by atoms with van der Waals surface area (Å²) in [7, 11) is 0. The summed E-state index contributed by atoms with van der Waals surface area (Å²) in [5, 5.41) is 11.6. The number of carboxylic acid groups (broad SMARTS) is 1. The van der Waals surface area contributed by atoms with Crippen molar-refractivity contribution < 1.29 is 19.5 Å². The smallest absolute Gasteiger partial charge is 0.323 e. The molecule has 0 spiro atoms. The summed E-state index contributed by atoms with van der Waals surface area (Å²) in [6, 6.07) is 0.0567. The predicted octanol–water partition coefficient (Wildman–Crippen LogP) is 0.368.